The summed E-state index contributed by atoms with van der Waals surface area (Å²) >= 11 is 0. The molecular weight excluding hydrogens is 234 g/mol. The van der Waals surface area contributed by atoms with Gasteiger partial charge in [-0.25, -0.2) is 0 Å². The Morgan fingerprint density at radius 1 is 1.05 bits per heavy atom. The van der Waals surface area contributed by atoms with Crippen LogP contribution >= 0.6 is 0 Å². The molecule has 0 amide bonds. The average Bonchev–Trinajstić information content (AvgIpc) is 3.07. The maximum atomic E-state index is 12.6. The van der Waals surface area contributed by atoms with Crippen LogP contribution < -0.4 is 5.32 Å². The van der Waals surface area contributed by atoms with Crippen molar-refractivity contribution in [3.05, 3.63) is 41.0 Å². The smallest absolute Gasteiger partial charge is 0.170 e. The first-order valence-corrected chi connectivity index (χ1v) is 7.45. The van der Waals surface area contributed by atoms with Gasteiger partial charge in [-0.1, -0.05) is 17.7 Å². The summed E-state index contributed by atoms with van der Waals surface area (Å²) in [4.78, 5) is 12.6. The number of ketones is 1. The van der Waals surface area contributed by atoms with Crippen LogP contribution in [0, 0.1) is 5.92 Å². The number of benzene rings is 1. The average molecular weight is 253 g/mol. The minimum absolute atomic E-state index is 0.179. The van der Waals surface area contributed by atoms with Crippen LogP contribution in [0.3, 0.4) is 0 Å². The summed E-state index contributed by atoms with van der Waals surface area (Å²) in [6.45, 7) is 0. The van der Waals surface area contributed by atoms with Crippen molar-refractivity contribution in [2.24, 2.45) is 5.92 Å². The zero-order valence-electron chi connectivity index (χ0n) is 11.1. The number of hydrogen-bond acceptors (Lipinski definition) is 2. The van der Waals surface area contributed by atoms with Gasteiger partial charge in [-0.05, 0) is 56.2 Å². The van der Waals surface area contributed by atoms with Gasteiger partial charge >= 0.3 is 0 Å². The molecule has 1 aromatic rings. The number of carbonyl (C=O) groups is 1. The fraction of sp³-hybridized carbons (Fsp3) is 0.471. The largest absolute Gasteiger partial charge is 0.377 e. The van der Waals surface area contributed by atoms with Crippen molar-refractivity contribution in [3.63, 3.8) is 0 Å². The predicted octanol–water partition coefficient (Wildman–Crippen LogP) is 3.94. The second-order valence-corrected chi connectivity index (χ2v) is 6.01. The van der Waals surface area contributed by atoms with Crippen molar-refractivity contribution in [2.75, 3.05) is 5.32 Å². The Hall–Kier alpha value is -1.57. The lowest BCUT2D eigenvalue weighted by atomic mass is 9.86. The van der Waals surface area contributed by atoms with Crippen LogP contribution in [0.1, 0.15) is 48.9 Å². The maximum Gasteiger partial charge on any atom is 0.170 e. The maximum absolute atomic E-state index is 12.6. The minimum atomic E-state index is 0.179. The topological polar surface area (TPSA) is 29.1 Å². The Labute approximate surface area is 113 Å². The molecule has 19 heavy (non-hydrogen) atoms. The van der Waals surface area contributed by atoms with E-state index in [1.54, 1.807) is 11.1 Å². The number of para-hydroxylation sites is 1. The quantitative estimate of drug-likeness (QED) is 0.709. The van der Waals surface area contributed by atoms with Crippen molar-refractivity contribution in [1.82, 2.24) is 0 Å². The molecule has 0 bridgehead atoms. The summed E-state index contributed by atoms with van der Waals surface area (Å²) in [5, 5.41) is 3.64. The molecule has 1 heterocycles. The molecule has 2 atom stereocenters. The lowest BCUT2D eigenvalue weighted by Gasteiger charge is -2.30. The molecule has 0 radical (unpaired) electrons. The summed E-state index contributed by atoms with van der Waals surface area (Å²) < 4.78 is 0. The first-order valence-electron chi connectivity index (χ1n) is 7.45. The molecule has 0 aromatic heterocycles. The van der Waals surface area contributed by atoms with Gasteiger partial charge in [-0.3, -0.25) is 4.79 Å². The highest BCUT2D eigenvalue weighted by Crippen LogP contribution is 2.44. The van der Waals surface area contributed by atoms with E-state index in [1.165, 1.54) is 25.7 Å². The summed E-state index contributed by atoms with van der Waals surface area (Å²) in [5.41, 5.74) is 5.13. The number of nitrogens with one attached hydrogen (secondary N) is 1. The van der Waals surface area contributed by atoms with E-state index in [1.807, 2.05) is 24.3 Å². The molecule has 3 aliphatic rings. The van der Waals surface area contributed by atoms with Crippen LogP contribution in [0.25, 0.3) is 0 Å². The second-order valence-electron chi connectivity index (χ2n) is 6.01. The van der Waals surface area contributed by atoms with Crippen LogP contribution in [-0.2, 0) is 0 Å². The first-order chi connectivity index (χ1) is 9.34. The molecule has 2 nitrogen and oxygen atoms in total. The molecular formula is C17H19NO. The number of fused-ring (bicyclic) bond motifs is 2. The lowest BCUT2D eigenvalue weighted by Crippen LogP contribution is -2.36. The summed E-state index contributed by atoms with van der Waals surface area (Å²) in [7, 11) is 0. The first kappa shape index (κ1) is 11.3. The molecule has 2 fully saturated rings. The van der Waals surface area contributed by atoms with Crippen molar-refractivity contribution >= 4 is 11.5 Å². The van der Waals surface area contributed by atoms with E-state index in [0.29, 0.717) is 5.78 Å². The van der Waals surface area contributed by atoms with Gasteiger partial charge in [0.1, 0.15) is 0 Å². The van der Waals surface area contributed by atoms with E-state index in [4.69, 9.17) is 0 Å². The third kappa shape index (κ3) is 1.66. The van der Waals surface area contributed by atoms with Gasteiger partial charge in [-0.2, -0.15) is 0 Å². The highest BCUT2D eigenvalue weighted by Gasteiger charge is 2.42. The normalized spacial score (nSPS) is 29.2. The Kier molecular flexibility index (Phi) is 2.51. The monoisotopic (exact) mass is 253 g/mol. The molecule has 2 heteroatoms. The fourth-order valence-electron chi connectivity index (χ4n) is 4.06. The van der Waals surface area contributed by atoms with Gasteiger partial charge in [0.05, 0.1) is 6.04 Å². The number of Topliss-reactive ketones (excluding diaryl/α,β-unsaturated/α-hetero) is 1. The molecule has 98 valence electrons. The van der Waals surface area contributed by atoms with Crippen LogP contribution in [0.4, 0.5) is 5.69 Å². The second kappa shape index (κ2) is 4.22. The van der Waals surface area contributed by atoms with Gasteiger partial charge in [0, 0.05) is 17.2 Å². The third-order valence-corrected chi connectivity index (χ3v) is 5.00. The standard InChI is InChI=1S/C17H19NO/c19-17-13-7-3-4-8-15(13)18-16-12(9-10-14(16)17)11-5-1-2-6-11/h3-4,7-8,14,16,18H,1-2,5-6,9-10H2. The lowest BCUT2D eigenvalue weighted by molar-refractivity contribution is 0.0914. The molecule has 0 saturated heterocycles. The molecule has 2 saturated carbocycles. The van der Waals surface area contributed by atoms with Crippen LogP contribution in [0.2, 0.25) is 0 Å². The molecule has 1 N–H and O–H groups in total. The molecule has 4 rings (SSSR count). The van der Waals surface area contributed by atoms with E-state index < -0.39 is 0 Å². The van der Waals surface area contributed by atoms with E-state index in [0.717, 1.165) is 24.1 Å². The Morgan fingerprint density at radius 3 is 2.68 bits per heavy atom. The van der Waals surface area contributed by atoms with Gasteiger partial charge in [0.2, 0.25) is 0 Å². The van der Waals surface area contributed by atoms with E-state index in [-0.39, 0.29) is 12.0 Å². The minimum Gasteiger partial charge on any atom is -0.377 e. The molecule has 1 aliphatic heterocycles. The highest BCUT2D eigenvalue weighted by molar-refractivity contribution is 6.05. The Balaban J connectivity index is 1.76. The van der Waals surface area contributed by atoms with Gasteiger partial charge in [0.25, 0.3) is 0 Å². The van der Waals surface area contributed by atoms with Gasteiger partial charge in [0.15, 0.2) is 5.78 Å². The van der Waals surface area contributed by atoms with E-state index in [2.05, 4.69) is 5.32 Å². The zero-order chi connectivity index (χ0) is 12.8. The summed E-state index contributed by atoms with van der Waals surface area (Å²) in [6, 6.07) is 8.26. The number of anilines is 1. The number of hydrogen-bond donors (Lipinski definition) is 1. The van der Waals surface area contributed by atoms with Crippen molar-refractivity contribution in [3.8, 4) is 0 Å². The molecule has 0 spiro atoms. The Morgan fingerprint density at radius 2 is 1.84 bits per heavy atom. The van der Waals surface area contributed by atoms with Crippen molar-refractivity contribution in [1.29, 1.82) is 0 Å². The van der Waals surface area contributed by atoms with Crippen LogP contribution in [0.15, 0.2) is 35.4 Å². The molecule has 1 aromatic carbocycles. The summed E-state index contributed by atoms with van der Waals surface area (Å²) in [6.07, 6.45) is 7.34. The molecule has 2 aliphatic carbocycles. The van der Waals surface area contributed by atoms with E-state index in [9.17, 15) is 4.79 Å². The van der Waals surface area contributed by atoms with E-state index >= 15 is 0 Å². The van der Waals surface area contributed by atoms with Crippen LogP contribution in [-0.4, -0.2) is 11.8 Å². The molecule has 2 unspecified atom stereocenters. The third-order valence-electron chi connectivity index (χ3n) is 5.00. The highest BCUT2D eigenvalue weighted by atomic mass is 16.1. The van der Waals surface area contributed by atoms with Gasteiger partial charge < -0.3 is 5.32 Å². The number of rotatable bonds is 0. The Bertz CT molecular complexity index is 564. The fourth-order valence-corrected chi connectivity index (χ4v) is 4.06. The van der Waals surface area contributed by atoms with Crippen molar-refractivity contribution in [2.45, 2.75) is 44.6 Å². The zero-order valence-corrected chi connectivity index (χ0v) is 11.1. The number of carbonyl (C=O) groups excluding carboxylic acids is 1. The predicted molar refractivity (Wildman–Crippen MR) is 76.4 cm³/mol. The van der Waals surface area contributed by atoms with Crippen molar-refractivity contribution < 1.29 is 4.79 Å². The number of allylic oxidation sites excluding steroid dienone is 1. The SMILES string of the molecule is O=C1c2ccccc2NC2C(=C3CCCC3)CCC12. The van der Waals surface area contributed by atoms with Gasteiger partial charge in [-0.15, -0.1) is 0 Å². The summed E-state index contributed by atoms with van der Waals surface area (Å²) in [5.74, 6) is 0.533. The van der Waals surface area contributed by atoms with Crippen LogP contribution in [0.5, 0.6) is 0 Å².